The first-order valence-corrected chi connectivity index (χ1v) is 6.58. The number of aryl methyl sites for hydroxylation is 1. The van der Waals surface area contributed by atoms with Crippen LogP contribution in [0.1, 0.15) is 31.2 Å². The van der Waals surface area contributed by atoms with Crippen LogP contribution in [-0.2, 0) is 0 Å². The van der Waals surface area contributed by atoms with Gasteiger partial charge >= 0.3 is 0 Å². The minimum absolute atomic E-state index is 0.164. The minimum Gasteiger partial charge on any atom is -0.377 e. The summed E-state index contributed by atoms with van der Waals surface area (Å²) in [6.45, 7) is 1.86. The Morgan fingerprint density at radius 2 is 2.06 bits per heavy atom. The molecule has 0 radical (unpaired) electrons. The molecule has 1 fully saturated rings. The van der Waals surface area contributed by atoms with E-state index in [1.165, 1.54) is 12.8 Å². The molecule has 1 aliphatic carbocycles. The Labute approximate surface area is 109 Å². The molecule has 4 nitrogen and oxygen atoms in total. The number of nitrogens with one attached hydrogen (secondary N) is 1. The highest BCUT2D eigenvalue weighted by Gasteiger charge is 2.21. The van der Waals surface area contributed by atoms with Gasteiger partial charge in [0.05, 0.1) is 4.92 Å². The fraction of sp³-hybridized carbons (Fsp3) is 0.500. The lowest BCUT2D eigenvalue weighted by Gasteiger charge is -2.14. The van der Waals surface area contributed by atoms with E-state index in [0.717, 1.165) is 22.9 Å². The summed E-state index contributed by atoms with van der Waals surface area (Å²) >= 11 is 3.42. The molecule has 17 heavy (non-hydrogen) atoms. The van der Waals surface area contributed by atoms with Crippen LogP contribution in [0, 0.1) is 17.0 Å². The first-order chi connectivity index (χ1) is 8.08. The van der Waals surface area contributed by atoms with Crippen LogP contribution in [0.2, 0.25) is 0 Å². The zero-order valence-corrected chi connectivity index (χ0v) is 11.3. The summed E-state index contributed by atoms with van der Waals surface area (Å²) in [7, 11) is 0. The number of benzene rings is 1. The predicted octanol–water partition coefficient (Wildman–Crippen LogP) is 4.02. The lowest BCUT2D eigenvalue weighted by Crippen LogP contribution is -2.15. The van der Waals surface area contributed by atoms with Crippen LogP contribution in [0.15, 0.2) is 16.6 Å². The summed E-state index contributed by atoms with van der Waals surface area (Å²) in [6, 6.07) is 3.80. The third kappa shape index (κ3) is 2.77. The molecule has 0 heterocycles. The van der Waals surface area contributed by atoms with Crippen molar-refractivity contribution in [1.29, 1.82) is 0 Å². The van der Waals surface area contributed by atoms with Crippen molar-refractivity contribution < 1.29 is 4.92 Å². The van der Waals surface area contributed by atoms with Crippen molar-refractivity contribution in [2.45, 2.75) is 38.6 Å². The summed E-state index contributed by atoms with van der Waals surface area (Å²) in [5, 5.41) is 14.3. The van der Waals surface area contributed by atoms with Gasteiger partial charge in [0.25, 0.3) is 5.69 Å². The van der Waals surface area contributed by atoms with Gasteiger partial charge in [-0.1, -0.05) is 28.8 Å². The maximum absolute atomic E-state index is 11.0. The van der Waals surface area contributed by atoms with E-state index in [0.29, 0.717) is 11.7 Å². The molecule has 1 aromatic rings. The van der Waals surface area contributed by atoms with E-state index in [-0.39, 0.29) is 10.6 Å². The van der Waals surface area contributed by atoms with E-state index in [9.17, 15) is 10.1 Å². The van der Waals surface area contributed by atoms with E-state index < -0.39 is 0 Å². The molecule has 0 aliphatic heterocycles. The third-order valence-electron chi connectivity index (χ3n) is 3.19. The monoisotopic (exact) mass is 298 g/mol. The summed E-state index contributed by atoms with van der Waals surface area (Å²) in [4.78, 5) is 10.7. The molecule has 1 N–H and O–H groups in total. The molecule has 0 spiro atoms. The predicted molar refractivity (Wildman–Crippen MR) is 71.4 cm³/mol. The van der Waals surface area contributed by atoms with E-state index in [1.54, 1.807) is 6.07 Å². The largest absolute Gasteiger partial charge is 0.377 e. The number of nitro benzene ring substituents is 1. The van der Waals surface area contributed by atoms with Crippen molar-refractivity contribution in [3.63, 3.8) is 0 Å². The molecule has 2 rings (SSSR count). The van der Waals surface area contributed by atoms with Gasteiger partial charge in [0.2, 0.25) is 0 Å². The Hall–Kier alpha value is -1.10. The van der Waals surface area contributed by atoms with Crippen molar-refractivity contribution in [3.8, 4) is 0 Å². The van der Waals surface area contributed by atoms with Crippen LogP contribution in [0.3, 0.4) is 0 Å². The highest BCUT2D eigenvalue weighted by atomic mass is 79.9. The Balaban J connectivity index is 2.29. The topological polar surface area (TPSA) is 55.2 Å². The molecule has 1 aromatic carbocycles. The van der Waals surface area contributed by atoms with Crippen LogP contribution < -0.4 is 5.32 Å². The van der Waals surface area contributed by atoms with E-state index in [4.69, 9.17) is 0 Å². The number of hydrogen-bond donors (Lipinski definition) is 1. The van der Waals surface area contributed by atoms with Gasteiger partial charge in [0, 0.05) is 16.6 Å². The molecular weight excluding hydrogens is 284 g/mol. The Morgan fingerprint density at radius 1 is 1.41 bits per heavy atom. The second-order valence-corrected chi connectivity index (χ2v) is 5.36. The number of nitro groups is 1. The standard InChI is InChI=1S/C12H15BrN2O2/c1-8-6-12(15(16)17)11(7-10(8)13)14-9-4-2-3-5-9/h6-7,9,14H,2-5H2,1H3. The molecule has 0 amide bonds. The smallest absolute Gasteiger partial charge is 0.292 e. The second kappa shape index (κ2) is 5.04. The van der Waals surface area contributed by atoms with Gasteiger partial charge in [-0.25, -0.2) is 0 Å². The van der Waals surface area contributed by atoms with Crippen molar-refractivity contribution in [1.82, 2.24) is 0 Å². The average molecular weight is 299 g/mol. The van der Waals surface area contributed by atoms with Gasteiger partial charge in [-0.2, -0.15) is 0 Å². The summed E-state index contributed by atoms with van der Waals surface area (Å²) < 4.78 is 0.906. The number of halogens is 1. The van der Waals surface area contributed by atoms with Crippen LogP contribution in [-0.4, -0.2) is 11.0 Å². The number of rotatable bonds is 3. The first kappa shape index (κ1) is 12.4. The minimum atomic E-state index is -0.323. The summed E-state index contributed by atoms with van der Waals surface area (Å²) in [5.41, 5.74) is 1.67. The normalized spacial score (nSPS) is 16.1. The number of nitrogens with zero attached hydrogens (tertiary/aromatic N) is 1. The van der Waals surface area contributed by atoms with Crippen LogP contribution in [0.25, 0.3) is 0 Å². The van der Waals surface area contributed by atoms with E-state index in [1.807, 2.05) is 13.0 Å². The highest BCUT2D eigenvalue weighted by Crippen LogP contribution is 2.33. The zero-order chi connectivity index (χ0) is 12.4. The van der Waals surface area contributed by atoms with Crippen molar-refractivity contribution >= 4 is 27.3 Å². The quantitative estimate of drug-likeness (QED) is 0.677. The summed E-state index contributed by atoms with van der Waals surface area (Å²) in [5.74, 6) is 0. The van der Waals surface area contributed by atoms with Crippen molar-refractivity contribution in [2.24, 2.45) is 0 Å². The molecule has 5 heteroatoms. The van der Waals surface area contributed by atoms with Gasteiger partial charge < -0.3 is 5.32 Å². The Bertz CT molecular complexity index is 442. The SMILES string of the molecule is Cc1cc([N+](=O)[O-])c(NC2CCCC2)cc1Br. The maximum atomic E-state index is 11.0. The molecule has 0 unspecified atom stereocenters. The maximum Gasteiger partial charge on any atom is 0.292 e. The molecule has 1 saturated carbocycles. The van der Waals surface area contributed by atoms with E-state index >= 15 is 0 Å². The van der Waals surface area contributed by atoms with Crippen LogP contribution in [0.5, 0.6) is 0 Å². The molecule has 0 aromatic heterocycles. The number of anilines is 1. The Morgan fingerprint density at radius 3 is 2.65 bits per heavy atom. The molecule has 0 bridgehead atoms. The first-order valence-electron chi connectivity index (χ1n) is 5.79. The van der Waals surface area contributed by atoms with Gasteiger partial charge in [-0.15, -0.1) is 0 Å². The van der Waals surface area contributed by atoms with Crippen LogP contribution >= 0.6 is 15.9 Å². The van der Waals surface area contributed by atoms with Crippen molar-refractivity contribution in [3.05, 3.63) is 32.3 Å². The lowest BCUT2D eigenvalue weighted by atomic mass is 10.1. The molecular formula is C12H15BrN2O2. The third-order valence-corrected chi connectivity index (χ3v) is 4.04. The van der Waals surface area contributed by atoms with Crippen LogP contribution in [0.4, 0.5) is 11.4 Å². The Kier molecular flexibility index (Phi) is 3.66. The average Bonchev–Trinajstić information content (AvgIpc) is 2.75. The number of hydrogen-bond acceptors (Lipinski definition) is 3. The molecule has 0 atom stereocenters. The van der Waals surface area contributed by atoms with Gasteiger partial charge in [-0.3, -0.25) is 10.1 Å². The highest BCUT2D eigenvalue weighted by molar-refractivity contribution is 9.10. The molecule has 92 valence electrons. The fourth-order valence-electron chi connectivity index (χ4n) is 2.22. The fourth-order valence-corrected chi connectivity index (χ4v) is 2.57. The van der Waals surface area contributed by atoms with Gasteiger partial charge in [0.15, 0.2) is 0 Å². The molecule has 0 saturated heterocycles. The van der Waals surface area contributed by atoms with E-state index in [2.05, 4.69) is 21.2 Å². The lowest BCUT2D eigenvalue weighted by molar-refractivity contribution is -0.384. The van der Waals surface area contributed by atoms with Crippen molar-refractivity contribution in [2.75, 3.05) is 5.32 Å². The van der Waals surface area contributed by atoms with Gasteiger partial charge in [-0.05, 0) is 31.4 Å². The van der Waals surface area contributed by atoms with Gasteiger partial charge in [0.1, 0.15) is 5.69 Å². The molecule has 1 aliphatic rings. The second-order valence-electron chi connectivity index (χ2n) is 4.50. The summed E-state index contributed by atoms with van der Waals surface area (Å²) in [6.07, 6.45) is 4.61. The zero-order valence-electron chi connectivity index (χ0n) is 9.70.